The number of nitrogens with zero attached hydrogens (tertiary/aromatic N) is 1. The highest BCUT2D eigenvalue weighted by atomic mass is 16.5. The fourth-order valence-corrected chi connectivity index (χ4v) is 2.83. The molecule has 0 aromatic rings. The fourth-order valence-electron chi connectivity index (χ4n) is 2.83. The van der Waals surface area contributed by atoms with Crippen LogP contribution in [0.4, 0.5) is 0 Å². The van der Waals surface area contributed by atoms with Crippen LogP contribution in [-0.4, -0.2) is 12.7 Å². The summed E-state index contributed by atoms with van der Waals surface area (Å²) in [4.78, 5) is 0. The molecule has 0 bridgehead atoms. The van der Waals surface area contributed by atoms with Crippen LogP contribution in [0, 0.1) is 34.5 Å². The fraction of sp³-hybridized carbons (Fsp3) is 0.938. The van der Waals surface area contributed by atoms with E-state index in [1.54, 1.807) is 0 Å². The second-order valence-electron chi connectivity index (χ2n) is 6.98. The molecule has 0 amide bonds. The molecule has 2 heteroatoms. The molecule has 3 atom stereocenters. The Balaban J connectivity index is 2.44. The van der Waals surface area contributed by atoms with Gasteiger partial charge in [-0.05, 0) is 50.9 Å². The quantitative estimate of drug-likeness (QED) is 0.725. The molecule has 3 unspecified atom stereocenters. The summed E-state index contributed by atoms with van der Waals surface area (Å²) in [5.74, 6) is 2.19. The lowest BCUT2D eigenvalue weighted by molar-refractivity contribution is -0.0437. The highest BCUT2D eigenvalue weighted by molar-refractivity contribution is 4.91. The Morgan fingerprint density at radius 2 is 2.00 bits per heavy atom. The maximum atomic E-state index is 9.01. The van der Waals surface area contributed by atoms with E-state index < -0.39 is 0 Å². The van der Waals surface area contributed by atoms with Crippen LogP contribution in [-0.2, 0) is 4.74 Å². The first kappa shape index (κ1) is 15.5. The van der Waals surface area contributed by atoms with E-state index in [9.17, 15) is 0 Å². The Bertz CT molecular complexity index is 290. The largest absolute Gasteiger partial charge is 0.378 e. The van der Waals surface area contributed by atoms with Gasteiger partial charge < -0.3 is 4.74 Å². The predicted molar refractivity (Wildman–Crippen MR) is 75.1 cm³/mol. The minimum Gasteiger partial charge on any atom is -0.378 e. The van der Waals surface area contributed by atoms with Gasteiger partial charge in [-0.1, -0.05) is 27.2 Å². The lowest BCUT2D eigenvalue weighted by atomic mass is 9.75. The molecule has 1 saturated carbocycles. The van der Waals surface area contributed by atoms with Gasteiger partial charge in [-0.3, -0.25) is 0 Å². The maximum Gasteiger partial charge on any atom is 0.0684 e. The molecular weight excluding hydrogens is 222 g/mol. The van der Waals surface area contributed by atoms with Crippen molar-refractivity contribution in [2.45, 2.75) is 66.4 Å². The summed E-state index contributed by atoms with van der Waals surface area (Å²) in [6.45, 7) is 11.6. The van der Waals surface area contributed by atoms with E-state index in [1.165, 1.54) is 19.3 Å². The van der Waals surface area contributed by atoms with Gasteiger partial charge in [0.15, 0.2) is 0 Å². The second-order valence-corrected chi connectivity index (χ2v) is 6.98. The summed E-state index contributed by atoms with van der Waals surface area (Å²) in [6.07, 6.45) is 5.07. The first-order chi connectivity index (χ1) is 8.35. The second kappa shape index (κ2) is 6.57. The number of rotatable bonds is 5. The van der Waals surface area contributed by atoms with Gasteiger partial charge in [-0.15, -0.1) is 0 Å². The van der Waals surface area contributed by atoms with Gasteiger partial charge in [0.25, 0.3) is 0 Å². The van der Waals surface area contributed by atoms with E-state index in [0.29, 0.717) is 17.9 Å². The molecule has 0 saturated heterocycles. The normalized spacial score (nSPS) is 29.3. The van der Waals surface area contributed by atoms with E-state index in [-0.39, 0.29) is 5.41 Å². The average molecular weight is 251 g/mol. The number of hydrogen-bond acceptors (Lipinski definition) is 2. The first-order valence-electron chi connectivity index (χ1n) is 7.38. The van der Waals surface area contributed by atoms with Gasteiger partial charge in [-0.25, -0.2) is 0 Å². The van der Waals surface area contributed by atoms with Crippen molar-refractivity contribution in [1.29, 1.82) is 5.26 Å². The minimum atomic E-state index is -0.256. The van der Waals surface area contributed by atoms with Crippen molar-refractivity contribution in [3.63, 3.8) is 0 Å². The van der Waals surface area contributed by atoms with Gasteiger partial charge in [0.05, 0.1) is 17.6 Å². The Labute approximate surface area is 113 Å². The third-order valence-electron chi connectivity index (χ3n) is 4.32. The molecule has 2 nitrogen and oxygen atoms in total. The minimum absolute atomic E-state index is 0.256. The first-order valence-corrected chi connectivity index (χ1v) is 7.38. The van der Waals surface area contributed by atoms with E-state index in [4.69, 9.17) is 10.00 Å². The zero-order valence-corrected chi connectivity index (χ0v) is 12.7. The van der Waals surface area contributed by atoms with Crippen LogP contribution in [0.15, 0.2) is 0 Å². The van der Waals surface area contributed by atoms with Crippen molar-refractivity contribution in [2.75, 3.05) is 6.61 Å². The molecular formula is C16H29NO. The summed E-state index contributed by atoms with van der Waals surface area (Å²) < 4.78 is 6.11. The van der Waals surface area contributed by atoms with Crippen LogP contribution in [0.1, 0.15) is 60.3 Å². The van der Waals surface area contributed by atoms with E-state index in [1.807, 2.05) is 13.8 Å². The Kier molecular flexibility index (Phi) is 5.66. The summed E-state index contributed by atoms with van der Waals surface area (Å²) in [5.41, 5.74) is -0.256. The van der Waals surface area contributed by atoms with Gasteiger partial charge in [0, 0.05) is 6.61 Å². The van der Waals surface area contributed by atoms with Crippen molar-refractivity contribution in [2.24, 2.45) is 23.2 Å². The van der Waals surface area contributed by atoms with Crippen molar-refractivity contribution in [3.8, 4) is 6.07 Å². The van der Waals surface area contributed by atoms with Crippen molar-refractivity contribution in [3.05, 3.63) is 0 Å². The van der Waals surface area contributed by atoms with E-state index >= 15 is 0 Å². The number of hydrogen-bond donors (Lipinski definition) is 0. The van der Waals surface area contributed by atoms with Gasteiger partial charge in [-0.2, -0.15) is 5.26 Å². The lowest BCUT2D eigenvalue weighted by Crippen LogP contribution is -2.35. The van der Waals surface area contributed by atoms with Gasteiger partial charge in [0.1, 0.15) is 0 Å². The average Bonchev–Trinajstić information content (AvgIpc) is 2.28. The molecule has 18 heavy (non-hydrogen) atoms. The van der Waals surface area contributed by atoms with Gasteiger partial charge >= 0.3 is 0 Å². The molecule has 1 fully saturated rings. The van der Waals surface area contributed by atoms with Crippen molar-refractivity contribution < 1.29 is 4.74 Å². The Morgan fingerprint density at radius 1 is 1.33 bits per heavy atom. The highest BCUT2D eigenvalue weighted by Gasteiger charge is 2.31. The SMILES string of the molecule is CC1CCC(C(C)C)C(OCCC(C)(C)C#N)C1. The molecule has 1 aliphatic rings. The van der Waals surface area contributed by atoms with Crippen LogP contribution in [0.3, 0.4) is 0 Å². The molecule has 0 aromatic heterocycles. The van der Waals surface area contributed by atoms with Crippen molar-refractivity contribution in [1.82, 2.24) is 0 Å². The molecule has 0 radical (unpaired) electrons. The molecule has 0 N–H and O–H groups in total. The predicted octanol–water partition coefficient (Wildman–Crippen LogP) is 4.40. The van der Waals surface area contributed by atoms with Crippen LogP contribution in [0.2, 0.25) is 0 Å². The zero-order chi connectivity index (χ0) is 13.8. The number of ether oxygens (including phenoxy) is 1. The number of nitriles is 1. The summed E-state index contributed by atoms with van der Waals surface area (Å²) >= 11 is 0. The van der Waals surface area contributed by atoms with E-state index in [0.717, 1.165) is 18.9 Å². The molecule has 0 aliphatic heterocycles. The molecule has 0 heterocycles. The zero-order valence-electron chi connectivity index (χ0n) is 12.7. The van der Waals surface area contributed by atoms with Crippen molar-refractivity contribution >= 4 is 0 Å². The topological polar surface area (TPSA) is 33.0 Å². The van der Waals surface area contributed by atoms with Crippen LogP contribution < -0.4 is 0 Å². The molecule has 1 aliphatic carbocycles. The Morgan fingerprint density at radius 3 is 2.56 bits per heavy atom. The third-order valence-corrected chi connectivity index (χ3v) is 4.32. The summed E-state index contributed by atoms with van der Waals surface area (Å²) in [7, 11) is 0. The summed E-state index contributed by atoms with van der Waals surface area (Å²) in [5, 5.41) is 9.01. The van der Waals surface area contributed by atoms with Gasteiger partial charge in [0.2, 0.25) is 0 Å². The molecule has 1 rings (SSSR count). The maximum absolute atomic E-state index is 9.01. The Hall–Kier alpha value is -0.550. The molecule has 0 aromatic carbocycles. The smallest absolute Gasteiger partial charge is 0.0684 e. The summed E-state index contributed by atoms with van der Waals surface area (Å²) in [6, 6.07) is 2.34. The highest BCUT2D eigenvalue weighted by Crippen LogP contribution is 2.35. The lowest BCUT2D eigenvalue weighted by Gasteiger charge is -2.37. The monoisotopic (exact) mass is 251 g/mol. The molecule has 0 spiro atoms. The third kappa shape index (κ3) is 4.61. The standard InChI is InChI=1S/C16H29NO/c1-12(2)14-7-6-13(3)10-15(14)18-9-8-16(4,5)11-17/h12-15H,6-10H2,1-5H3. The van der Waals surface area contributed by atoms with Crippen LogP contribution in [0.25, 0.3) is 0 Å². The van der Waals surface area contributed by atoms with Crippen LogP contribution >= 0.6 is 0 Å². The van der Waals surface area contributed by atoms with Crippen LogP contribution in [0.5, 0.6) is 0 Å². The molecule has 104 valence electrons. The van der Waals surface area contributed by atoms with E-state index in [2.05, 4.69) is 26.8 Å².